The predicted molar refractivity (Wildman–Crippen MR) is 101 cm³/mol. The molecule has 0 aromatic heterocycles. The van der Waals surface area contributed by atoms with Gasteiger partial charge in [-0.05, 0) is 50.9 Å². The van der Waals surface area contributed by atoms with Crippen LogP contribution < -0.4 is 5.32 Å². The van der Waals surface area contributed by atoms with Gasteiger partial charge in [-0.15, -0.1) is 0 Å². The van der Waals surface area contributed by atoms with E-state index in [1.165, 1.54) is 4.90 Å². The van der Waals surface area contributed by atoms with Crippen LogP contribution in [0.5, 0.6) is 0 Å². The maximum Gasteiger partial charge on any atom is 0.408 e. The molecule has 3 rings (SSSR count). The molecule has 1 aliphatic carbocycles. The number of carbonyl (C=O) groups is 3. The van der Waals surface area contributed by atoms with Crippen LogP contribution in [-0.4, -0.2) is 65.4 Å². The Balaban J connectivity index is 1.74. The Morgan fingerprint density at radius 3 is 2.54 bits per heavy atom. The van der Waals surface area contributed by atoms with Gasteiger partial charge in [-0.1, -0.05) is 13.8 Å². The SMILES string of the molecule is CC(C)(C)OC(=O)NC(CC1CCOC1)C(=O)N1C[C@H]2[C@@H]([C@H]1C(=O)O)C2(C)C. The third kappa shape index (κ3) is 4.11. The van der Waals surface area contributed by atoms with Gasteiger partial charge in [0, 0.05) is 25.7 Å². The molecule has 2 N–H and O–H groups in total. The van der Waals surface area contributed by atoms with Gasteiger partial charge in [0.15, 0.2) is 0 Å². The summed E-state index contributed by atoms with van der Waals surface area (Å²) in [5.74, 6) is -1.01. The maximum absolute atomic E-state index is 13.3. The highest BCUT2D eigenvalue weighted by atomic mass is 16.6. The van der Waals surface area contributed by atoms with E-state index in [1.54, 1.807) is 20.8 Å². The summed E-state index contributed by atoms with van der Waals surface area (Å²) in [6.45, 7) is 11.0. The molecule has 0 radical (unpaired) electrons. The van der Waals surface area contributed by atoms with E-state index >= 15 is 0 Å². The van der Waals surface area contributed by atoms with Gasteiger partial charge >= 0.3 is 12.1 Å². The predicted octanol–water partition coefficient (Wildman–Crippen LogP) is 1.87. The number of hydrogen-bond acceptors (Lipinski definition) is 5. The molecule has 0 aromatic carbocycles. The molecule has 1 saturated carbocycles. The van der Waals surface area contributed by atoms with E-state index in [4.69, 9.17) is 9.47 Å². The first-order valence-corrected chi connectivity index (χ1v) is 10.0. The molecule has 0 bridgehead atoms. The Labute approximate surface area is 165 Å². The van der Waals surface area contributed by atoms with E-state index in [-0.39, 0.29) is 29.1 Å². The summed E-state index contributed by atoms with van der Waals surface area (Å²) in [7, 11) is 0. The number of nitrogens with one attached hydrogen (secondary N) is 1. The van der Waals surface area contributed by atoms with Crippen LogP contribution in [0, 0.1) is 23.2 Å². The summed E-state index contributed by atoms with van der Waals surface area (Å²) in [5, 5.41) is 12.4. The van der Waals surface area contributed by atoms with Crippen LogP contribution in [0.1, 0.15) is 47.5 Å². The van der Waals surface area contributed by atoms with Crippen LogP contribution in [0.4, 0.5) is 4.79 Å². The van der Waals surface area contributed by atoms with E-state index in [0.29, 0.717) is 26.2 Å². The van der Waals surface area contributed by atoms with Gasteiger partial charge in [0.2, 0.25) is 5.91 Å². The molecule has 5 atom stereocenters. The van der Waals surface area contributed by atoms with Gasteiger partial charge in [-0.3, -0.25) is 4.79 Å². The summed E-state index contributed by atoms with van der Waals surface area (Å²) in [6.07, 6.45) is 0.571. The fraction of sp³-hybridized carbons (Fsp3) is 0.850. The second-order valence-electron chi connectivity index (χ2n) is 9.89. The smallest absolute Gasteiger partial charge is 0.408 e. The molecule has 2 heterocycles. The lowest BCUT2D eigenvalue weighted by molar-refractivity contribution is -0.151. The van der Waals surface area contributed by atoms with Gasteiger partial charge in [-0.25, -0.2) is 9.59 Å². The number of amides is 2. The van der Waals surface area contributed by atoms with Crippen LogP contribution in [0.25, 0.3) is 0 Å². The second-order valence-corrected chi connectivity index (χ2v) is 9.89. The van der Waals surface area contributed by atoms with Crippen molar-refractivity contribution >= 4 is 18.0 Å². The lowest BCUT2D eigenvalue weighted by Crippen LogP contribution is -2.54. The topological polar surface area (TPSA) is 105 Å². The third-order valence-electron chi connectivity index (χ3n) is 6.33. The number of aliphatic carboxylic acids is 1. The van der Waals surface area contributed by atoms with Crippen LogP contribution in [0.3, 0.4) is 0 Å². The van der Waals surface area contributed by atoms with Gasteiger partial charge in [-0.2, -0.15) is 0 Å². The monoisotopic (exact) mass is 396 g/mol. The molecular formula is C20H32N2O6. The molecule has 0 aromatic rings. The Morgan fingerprint density at radius 1 is 1.32 bits per heavy atom. The first kappa shape index (κ1) is 20.9. The number of carbonyl (C=O) groups excluding carboxylic acids is 2. The molecule has 3 aliphatic rings. The van der Waals surface area contributed by atoms with Crippen LogP contribution in [0.15, 0.2) is 0 Å². The summed E-state index contributed by atoms with van der Waals surface area (Å²) in [4.78, 5) is 38.9. The zero-order valence-corrected chi connectivity index (χ0v) is 17.4. The molecule has 0 spiro atoms. The number of nitrogens with zero attached hydrogens (tertiary/aromatic N) is 1. The lowest BCUT2D eigenvalue weighted by Gasteiger charge is -2.32. The molecule has 2 aliphatic heterocycles. The number of carboxylic acids is 1. The minimum atomic E-state index is -0.980. The molecule has 2 unspecified atom stereocenters. The number of rotatable bonds is 5. The number of fused-ring (bicyclic) bond motifs is 1. The largest absolute Gasteiger partial charge is 0.480 e. The average molecular weight is 396 g/mol. The van der Waals surface area contributed by atoms with Crippen molar-refractivity contribution in [1.29, 1.82) is 0 Å². The molecule has 158 valence electrons. The van der Waals surface area contributed by atoms with Crippen molar-refractivity contribution in [3.63, 3.8) is 0 Å². The summed E-state index contributed by atoms with van der Waals surface area (Å²) in [6, 6.07) is -1.65. The van der Waals surface area contributed by atoms with E-state index in [1.807, 2.05) is 13.8 Å². The van der Waals surface area contributed by atoms with E-state index < -0.39 is 29.7 Å². The summed E-state index contributed by atoms with van der Waals surface area (Å²) < 4.78 is 10.7. The number of carboxylic acid groups (broad SMARTS) is 1. The molecule has 3 fully saturated rings. The average Bonchev–Trinajstić information content (AvgIpc) is 2.99. The summed E-state index contributed by atoms with van der Waals surface area (Å²) >= 11 is 0. The Kier molecular flexibility index (Phi) is 5.38. The van der Waals surface area contributed by atoms with Gasteiger partial charge in [0.25, 0.3) is 0 Å². The maximum atomic E-state index is 13.3. The van der Waals surface area contributed by atoms with Crippen molar-refractivity contribution in [2.24, 2.45) is 23.2 Å². The molecule has 28 heavy (non-hydrogen) atoms. The van der Waals surface area contributed by atoms with Gasteiger partial charge < -0.3 is 24.8 Å². The Morgan fingerprint density at radius 2 is 2.00 bits per heavy atom. The van der Waals surface area contributed by atoms with Crippen molar-refractivity contribution in [3.05, 3.63) is 0 Å². The minimum absolute atomic E-state index is 0.0362. The molecule has 2 amide bonds. The van der Waals surface area contributed by atoms with Crippen LogP contribution in [-0.2, 0) is 19.1 Å². The fourth-order valence-electron chi connectivity index (χ4n) is 4.77. The van der Waals surface area contributed by atoms with E-state index in [2.05, 4.69) is 5.32 Å². The Hall–Kier alpha value is -1.83. The highest BCUT2D eigenvalue weighted by Gasteiger charge is 2.69. The normalized spacial score (nSPS) is 31.8. The number of alkyl carbamates (subject to hydrolysis) is 1. The quantitative estimate of drug-likeness (QED) is 0.735. The lowest BCUT2D eigenvalue weighted by atomic mass is 9.96. The van der Waals surface area contributed by atoms with Crippen LogP contribution >= 0.6 is 0 Å². The number of piperidine rings is 1. The summed E-state index contributed by atoms with van der Waals surface area (Å²) in [5.41, 5.74) is -0.746. The van der Waals surface area contributed by atoms with Crippen molar-refractivity contribution in [3.8, 4) is 0 Å². The third-order valence-corrected chi connectivity index (χ3v) is 6.33. The zero-order valence-electron chi connectivity index (χ0n) is 17.4. The molecule has 2 saturated heterocycles. The fourth-order valence-corrected chi connectivity index (χ4v) is 4.77. The number of hydrogen-bond donors (Lipinski definition) is 2. The van der Waals surface area contributed by atoms with Crippen molar-refractivity contribution < 1.29 is 29.0 Å². The minimum Gasteiger partial charge on any atom is -0.480 e. The van der Waals surface area contributed by atoms with Crippen molar-refractivity contribution in [2.45, 2.75) is 65.1 Å². The van der Waals surface area contributed by atoms with Crippen molar-refractivity contribution in [1.82, 2.24) is 10.2 Å². The zero-order chi connectivity index (χ0) is 20.9. The first-order valence-electron chi connectivity index (χ1n) is 10.0. The number of likely N-dealkylation sites (tertiary alicyclic amines) is 1. The second kappa shape index (κ2) is 7.21. The Bertz CT molecular complexity index is 650. The van der Waals surface area contributed by atoms with Gasteiger partial charge in [0.1, 0.15) is 17.7 Å². The standard InChI is InChI=1S/C20H32N2O6/c1-19(2,3)28-18(26)21-13(8-11-6-7-27-10-11)16(23)22-9-12-14(20(12,4)5)15(22)17(24)25/h11-15H,6-10H2,1-5H3,(H,21,26)(H,24,25)/t11?,12-,13?,14-,15-/m0/s1. The molecular weight excluding hydrogens is 364 g/mol. The highest BCUT2D eigenvalue weighted by Crippen LogP contribution is 2.64. The first-order chi connectivity index (χ1) is 12.9. The molecule has 8 heteroatoms. The van der Waals surface area contributed by atoms with Crippen molar-refractivity contribution in [2.75, 3.05) is 19.8 Å². The van der Waals surface area contributed by atoms with E-state index in [9.17, 15) is 19.5 Å². The van der Waals surface area contributed by atoms with Gasteiger partial charge in [0.05, 0.1) is 0 Å². The highest BCUT2D eigenvalue weighted by molar-refractivity contribution is 5.90. The van der Waals surface area contributed by atoms with E-state index in [0.717, 1.165) is 6.42 Å². The number of ether oxygens (including phenoxy) is 2. The van der Waals surface area contributed by atoms with Crippen LogP contribution in [0.2, 0.25) is 0 Å². The molecule has 8 nitrogen and oxygen atoms in total.